The first-order chi connectivity index (χ1) is 16.8. The predicted molar refractivity (Wildman–Crippen MR) is 136 cm³/mol. The lowest BCUT2D eigenvalue weighted by Crippen LogP contribution is -2.54. The molecule has 1 aromatic heterocycles. The Balaban J connectivity index is 1.80. The molecular weight excluding hydrogens is 462 g/mol. The highest BCUT2D eigenvalue weighted by Gasteiger charge is 2.41. The van der Waals surface area contributed by atoms with E-state index in [-0.39, 0.29) is 10.7 Å². The third-order valence-corrected chi connectivity index (χ3v) is 5.99. The summed E-state index contributed by atoms with van der Waals surface area (Å²) in [4.78, 5) is 31.3. The maximum absolute atomic E-state index is 13.8. The minimum atomic E-state index is -2.08. The Morgan fingerprint density at radius 3 is 1.89 bits per heavy atom. The molecule has 7 heteroatoms. The van der Waals surface area contributed by atoms with Crippen LogP contribution in [0, 0.1) is 13.8 Å². The molecule has 0 saturated heterocycles. The van der Waals surface area contributed by atoms with Gasteiger partial charge in [-0.05, 0) is 49.2 Å². The molecule has 0 aliphatic carbocycles. The first-order valence-corrected chi connectivity index (χ1v) is 11.4. The van der Waals surface area contributed by atoms with E-state index in [9.17, 15) is 14.7 Å². The molecule has 0 aliphatic rings. The quantitative estimate of drug-likeness (QED) is 0.309. The molecule has 4 aromatic rings. The van der Waals surface area contributed by atoms with Crippen LogP contribution in [0.1, 0.15) is 32.6 Å². The van der Waals surface area contributed by atoms with Gasteiger partial charge in [0.25, 0.3) is 11.8 Å². The number of pyridine rings is 1. The Bertz CT molecular complexity index is 1290. The highest BCUT2D eigenvalue weighted by molar-refractivity contribution is 6.33. The minimum Gasteiger partial charge on any atom is -0.372 e. The van der Waals surface area contributed by atoms with E-state index in [0.29, 0.717) is 16.8 Å². The number of carbonyl (C=O) groups excluding carboxylic acids is 2. The van der Waals surface area contributed by atoms with Crippen molar-refractivity contribution in [3.05, 3.63) is 130 Å². The normalized spacial score (nSPS) is 11.1. The average molecular weight is 486 g/mol. The number of aromatic nitrogens is 1. The summed E-state index contributed by atoms with van der Waals surface area (Å²) in [6.45, 7) is 3.84. The molecular formula is C28H24ClN3O3. The van der Waals surface area contributed by atoms with Gasteiger partial charge in [-0.15, -0.1) is 0 Å². The van der Waals surface area contributed by atoms with Gasteiger partial charge in [-0.2, -0.15) is 0 Å². The Kier molecular flexibility index (Phi) is 6.96. The molecule has 0 radical (unpaired) electrons. The van der Waals surface area contributed by atoms with Gasteiger partial charge in [0.05, 0.1) is 11.3 Å². The maximum atomic E-state index is 13.8. The molecule has 0 atom stereocenters. The molecule has 35 heavy (non-hydrogen) atoms. The smallest absolute Gasteiger partial charge is 0.280 e. The zero-order chi connectivity index (χ0) is 25.0. The number of nitrogens with one attached hydrogen (secondary N) is 1. The van der Waals surface area contributed by atoms with Gasteiger partial charge >= 0.3 is 0 Å². The zero-order valence-corrected chi connectivity index (χ0v) is 20.0. The Hall–Kier alpha value is -4.00. The molecule has 176 valence electrons. The van der Waals surface area contributed by atoms with Crippen LogP contribution in [0.3, 0.4) is 0 Å². The highest BCUT2D eigenvalue weighted by atomic mass is 35.5. The van der Waals surface area contributed by atoms with Gasteiger partial charge in [0.1, 0.15) is 5.15 Å². The summed E-state index contributed by atoms with van der Waals surface area (Å²) < 4.78 is 0. The number of rotatable bonds is 5. The SMILES string of the molecule is Cc1ccc(C(O)(C(=O)NN(C(=O)c2cccnc2Cl)c2ccccc2)c2ccc(C)cc2)cc1. The summed E-state index contributed by atoms with van der Waals surface area (Å²) in [6.07, 6.45) is 1.47. The van der Waals surface area contributed by atoms with Crippen molar-refractivity contribution < 1.29 is 14.7 Å². The van der Waals surface area contributed by atoms with Gasteiger partial charge in [0.2, 0.25) is 0 Å². The summed E-state index contributed by atoms with van der Waals surface area (Å²) in [5.74, 6) is -1.40. The van der Waals surface area contributed by atoms with Gasteiger partial charge in [-0.1, -0.05) is 89.5 Å². The zero-order valence-electron chi connectivity index (χ0n) is 19.3. The lowest BCUT2D eigenvalue weighted by molar-refractivity contribution is -0.136. The van der Waals surface area contributed by atoms with Gasteiger partial charge < -0.3 is 5.11 Å². The number of carbonyl (C=O) groups is 2. The van der Waals surface area contributed by atoms with Crippen LogP contribution in [0.5, 0.6) is 0 Å². The second-order valence-electron chi connectivity index (χ2n) is 8.20. The molecule has 0 fully saturated rings. The number of para-hydroxylation sites is 1. The highest BCUT2D eigenvalue weighted by Crippen LogP contribution is 2.31. The molecule has 6 nitrogen and oxygen atoms in total. The second-order valence-corrected chi connectivity index (χ2v) is 8.56. The number of benzene rings is 3. The summed E-state index contributed by atoms with van der Waals surface area (Å²) >= 11 is 6.18. The molecule has 4 rings (SSSR count). The Morgan fingerprint density at radius 1 is 0.829 bits per heavy atom. The van der Waals surface area contributed by atoms with E-state index in [4.69, 9.17) is 11.6 Å². The van der Waals surface area contributed by atoms with E-state index in [2.05, 4.69) is 10.4 Å². The lowest BCUT2D eigenvalue weighted by atomic mass is 9.85. The number of anilines is 1. The van der Waals surface area contributed by atoms with E-state index in [1.807, 2.05) is 38.1 Å². The van der Waals surface area contributed by atoms with E-state index >= 15 is 0 Å². The lowest BCUT2D eigenvalue weighted by Gasteiger charge is -2.32. The largest absolute Gasteiger partial charge is 0.372 e. The van der Waals surface area contributed by atoms with Crippen LogP contribution < -0.4 is 10.4 Å². The number of halogens is 1. The molecule has 0 spiro atoms. The molecule has 3 aromatic carbocycles. The van der Waals surface area contributed by atoms with Crippen LogP contribution in [0.2, 0.25) is 5.15 Å². The first kappa shape index (κ1) is 24.1. The van der Waals surface area contributed by atoms with E-state index in [1.54, 1.807) is 60.7 Å². The second kappa shape index (κ2) is 10.1. The van der Waals surface area contributed by atoms with Crippen molar-refractivity contribution >= 4 is 29.1 Å². The van der Waals surface area contributed by atoms with Crippen LogP contribution in [-0.4, -0.2) is 21.9 Å². The molecule has 1 heterocycles. The molecule has 0 unspecified atom stereocenters. The van der Waals surface area contributed by atoms with Gasteiger partial charge in [0, 0.05) is 6.20 Å². The van der Waals surface area contributed by atoms with Crippen LogP contribution in [0.15, 0.2) is 97.2 Å². The minimum absolute atomic E-state index is 0.0000102. The molecule has 0 saturated carbocycles. The van der Waals surface area contributed by atoms with Crippen LogP contribution in [0.4, 0.5) is 5.69 Å². The number of hydrogen-bond donors (Lipinski definition) is 2. The maximum Gasteiger partial charge on any atom is 0.280 e. The van der Waals surface area contributed by atoms with Crippen LogP contribution in [0.25, 0.3) is 0 Å². The number of nitrogens with zero attached hydrogens (tertiary/aromatic N) is 2. The average Bonchev–Trinajstić information content (AvgIpc) is 2.88. The fourth-order valence-corrected chi connectivity index (χ4v) is 3.88. The third kappa shape index (κ3) is 4.94. The molecule has 2 amide bonds. The molecule has 2 N–H and O–H groups in total. The third-order valence-electron chi connectivity index (χ3n) is 5.69. The number of hydrogen-bond acceptors (Lipinski definition) is 4. The number of aryl methyl sites for hydroxylation is 2. The van der Waals surface area contributed by atoms with E-state index in [0.717, 1.165) is 16.1 Å². The summed E-state index contributed by atoms with van der Waals surface area (Å²) in [5, 5.41) is 13.0. The fraction of sp³-hybridized carbons (Fsp3) is 0.107. The van der Waals surface area contributed by atoms with Crippen molar-refractivity contribution in [2.45, 2.75) is 19.4 Å². The molecule has 0 aliphatic heterocycles. The molecule has 0 bridgehead atoms. The predicted octanol–water partition coefficient (Wildman–Crippen LogP) is 4.97. The van der Waals surface area contributed by atoms with Crippen molar-refractivity contribution in [2.75, 3.05) is 5.01 Å². The Labute approximate surface area is 208 Å². The van der Waals surface area contributed by atoms with Crippen LogP contribution in [-0.2, 0) is 10.4 Å². The van der Waals surface area contributed by atoms with Crippen molar-refractivity contribution in [2.24, 2.45) is 0 Å². The summed E-state index contributed by atoms with van der Waals surface area (Å²) in [6, 6.07) is 25.7. The van der Waals surface area contributed by atoms with E-state index < -0.39 is 17.4 Å². The first-order valence-electron chi connectivity index (χ1n) is 11.0. The number of hydrazine groups is 1. The van der Waals surface area contributed by atoms with Crippen molar-refractivity contribution in [3.8, 4) is 0 Å². The fourth-order valence-electron chi connectivity index (χ4n) is 3.68. The van der Waals surface area contributed by atoms with Crippen molar-refractivity contribution in [3.63, 3.8) is 0 Å². The van der Waals surface area contributed by atoms with Gasteiger partial charge in [0.15, 0.2) is 5.60 Å². The van der Waals surface area contributed by atoms with Crippen molar-refractivity contribution in [1.29, 1.82) is 0 Å². The summed E-state index contributed by atoms with van der Waals surface area (Å²) in [7, 11) is 0. The summed E-state index contributed by atoms with van der Waals surface area (Å²) in [5.41, 5.74) is 3.74. The number of amides is 2. The number of aliphatic hydroxyl groups is 1. The van der Waals surface area contributed by atoms with Crippen LogP contribution >= 0.6 is 11.6 Å². The Morgan fingerprint density at radius 2 is 1.37 bits per heavy atom. The topological polar surface area (TPSA) is 82.5 Å². The van der Waals surface area contributed by atoms with Gasteiger partial charge in [-0.3, -0.25) is 15.0 Å². The standard InChI is InChI=1S/C28H24ClN3O3/c1-19-10-14-21(15-11-19)28(35,22-16-12-20(2)13-17-22)27(34)31-32(23-7-4-3-5-8-23)26(33)24-9-6-18-30-25(24)29/h3-18,35H,1-2H3,(H,31,34). The van der Waals surface area contributed by atoms with Crippen molar-refractivity contribution in [1.82, 2.24) is 10.4 Å². The van der Waals surface area contributed by atoms with Gasteiger partial charge in [-0.25, -0.2) is 9.99 Å². The monoisotopic (exact) mass is 485 g/mol. The van der Waals surface area contributed by atoms with E-state index in [1.165, 1.54) is 12.3 Å².